The van der Waals surface area contributed by atoms with Gasteiger partial charge in [0.05, 0.1) is 17.3 Å². The molecular weight excluding hydrogens is 172 g/mol. The Bertz CT molecular complexity index is 226. The van der Waals surface area contributed by atoms with Crippen molar-refractivity contribution in [2.45, 2.75) is 37.4 Å². The summed E-state index contributed by atoms with van der Waals surface area (Å²) in [6, 6.07) is 0. The Hall–Kier alpha value is -0.870. The predicted octanol–water partition coefficient (Wildman–Crippen LogP) is 0.293. The highest BCUT2D eigenvalue weighted by Gasteiger charge is 2.37. The SMILES string of the molecule is C=C(C(=O)O)C1(O)CCC(O)CC1. The highest BCUT2D eigenvalue weighted by Crippen LogP contribution is 2.33. The van der Waals surface area contributed by atoms with Gasteiger partial charge in [0.1, 0.15) is 0 Å². The molecule has 0 aromatic rings. The molecule has 0 saturated heterocycles. The van der Waals surface area contributed by atoms with E-state index in [0.717, 1.165) is 0 Å². The molecule has 0 amide bonds. The highest BCUT2D eigenvalue weighted by molar-refractivity contribution is 5.88. The Morgan fingerprint density at radius 3 is 2.23 bits per heavy atom. The molecule has 0 aliphatic heterocycles. The van der Waals surface area contributed by atoms with E-state index in [-0.39, 0.29) is 18.4 Å². The summed E-state index contributed by atoms with van der Waals surface area (Å²) in [5, 5.41) is 27.7. The number of aliphatic hydroxyl groups is 2. The van der Waals surface area contributed by atoms with E-state index in [0.29, 0.717) is 12.8 Å². The second-order valence-corrected chi connectivity index (χ2v) is 3.55. The van der Waals surface area contributed by atoms with Crippen molar-refractivity contribution in [1.82, 2.24) is 0 Å². The van der Waals surface area contributed by atoms with Gasteiger partial charge in [-0.1, -0.05) is 6.58 Å². The van der Waals surface area contributed by atoms with Gasteiger partial charge < -0.3 is 15.3 Å². The van der Waals surface area contributed by atoms with Crippen molar-refractivity contribution in [2.75, 3.05) is 0 Å². The highest BCUT2D eigenvalue weighted by atomic mass is 16.4. The Labute approximate surface area is 76.5 Å². The summed E-state index contributed by atoms with van der Waals surface area (Å²) >= 11 is 0. The average molecular weight is 186 g/mol. The first-order chi connectivity index (χ1) is 5.96. The Morgan fingerprint density at radius 1 is 1.38 bits per heavy atom. The molecule has 0 unspecified atom stereocenters. The fraction of sp³-hybridized carbons (Fsp3) is 0.667. The Kier molecular flexibility index (Phi) is 2.73. The average Bonchev–Trinajstić information content (AvgIpc) is 2.09. The van der Waals surface area contributed by atoms with E-state index in [1.54, 1.807) is 0 Å². The number of aliphatic carboxylic acids is 1. The smallest absolute Gasteiger partial charge is 0.333 e. The van der Waals surface area contributed by atoms with Crippen molar-refractivity contribution in [1.29, 1.82) is 0 Å². The third kappa shape index (κ3) is 2.08. The maximum absolute atomic E-state index is 10.6. The largest absolute Gasteiger partial charge is 0.478 e. The molecule has 1 aliphatic rings. The summed E-state index contributed by atoms with van der Waals surface area (Å²) in [7, 11) is 0. The number of hydrogen-bond donors (Lipinski definition) is 3. The molecule has 0 atom stereocenters. The number of aliphatic hydroxyl groups excluding tert-OH is 1. The predicted molar refractivity (Wildman–Crippen MR) is 46.2 cm³/mol. The summed E-state index contributed by atoms with van der Waals surface area (Å²) in [6.07, 6.45) is 1.01. The van der Waals surface area contributed by atoms with Crippen LogP contribution in [0.3, 0.4) is 0 Å². The molecule has 1 rings (SSSR count). The third-order valence-electron chi connectivity index (χ3n) is 2.60. The first-order valence-electron chi connectivity index (χ1n) is 4.29. The first-order valence-corrected chi connectivity index (χ1v) is 4.29. The monoisotopic (exact) mass is 186 g/mol. The topological polar surface area (TPSA) is 77.8 Å². The number of carbonyl (C=O) groups is 1. The van der Waals surface area contributed by atoms with Crippen LogP contribution in [0.25, 0.3) is 0 Å². The van der Waals surface area contributed by atoms with Crippen LogP contribution in [0, 0.1) is 0 Å². The lowest BCUT2D eigenvalue weighted by Crippen LogP contribution is -2.39. The van der Waals surface area contributed by atoms with Gasteiger partial charge in [-0.15, -0.1) is 0 Å². The van der Waals surface area contributed by atoms with Crippen molar-refractivity contribution in [3.05, 3.63) is 12.2 Å². The summed E-state index contributed by atoms with van der Waals surface area (Å²) in [6.45, 7) is 3.34. The molecule has 4 heteroatoms. The zero-order valence-corrected chi connectivity index (χ0v) is 7.36. The third-order valence-corrected chi connectivity index (χ3v) is 2.60. The minimum Gasteiger partial charge on any atom is -0.478 e. The lowest BCUT2D eigenvalue weighted by molar-refractivity contribution is -0.136. The number of carboxylic acids is 1. The van der Waals surface area contributed by atoms with E-state index in [1.807, 2.05) is 0 Å². The van der Waals surface area contributed by atoms with Crippen molar-refractivity contribution < 1.29 is 20.1 Å². The minimum atomic E-state index is -1.31. The van der Waals surface area contributed by atoms with Crippen molar-refractivity contribution in [3.8, 4) is 0 Å². The molecule has 1 saturated carbocycles. The second kappa shape index (κ2) is 3.47. The maximum Gasteiger partial charge on any atom is 0.333 e. The molecule has 0 heterocycles. The summed E-state index contributed by atoms with van der Waals surface area (Å²) < 4.78 is 0. The van der Waals surface area contributed by atoms with Crippen molar-refractivity contribution in [2.24, 2.45) is 0 Å². The summed E-state index contributed by atoms with van der Waals surface area (Å²) in [4.78, 5) is 10.6. The second-order valence-electron chi connectivity index (χ2n) is 3.55. The van der Waals surface area contributed by atoms with Crippen LogP contribution in [-0.2, 0) is 4.79 Å². The van der Waals surface area contributed by atoms with Gasteiger partial charge in [-0.3, -0.25) is 0 Å². The van der Waals surface area contributed by atoms with E-state index >= 15 is 0 Å². The molecule has 1 aliphatic carbocycles. The normalized spacial score (nSPS) is 34.2. The number of rotatable bonds is 2. The molecule has 4 nitrogen and oxygen atoms in total. The molecule has 3 N–H and O–H groups in total. The molecule has 0 radical (unpaired) electrons. The molecule has 0 aromatic carbocycles. The van der Waals surface area contributed by atoms with Gasteiger partial charge >= 0.3 is 5.97 Å². The fourth-order valence-electron chi connectivity index (χ4n) is 1.58. The van der Waals surface area contributed by atoms with E-state index in [9.17, 15) is 15.0 Å². The molecular formula is C9H14O4. The van der Waals surface area contributed by atoms with Crippen LogP contribution in [0.2, 0.25) is 0 Å². The maximum atomic E-state index is 10.6. The van der Waals surface area contributed by atoms with Crippen LogP contribution < -0.4 is 0 Å². The summed E-state index contributed by atoms with van der Waals surface area (Å²) in [5.74, 6) is -1.17. The Morgan fingerprint density at radius 2 is 1.85 bits per heavy atom. The molecule has 1 fully saturated rings. The van der Waals surface area contributed by atoms with E-state index in [4.69, 9.17) is 5.11 Å². The van der Waals surface area contributed by atoms with Crippen LogP contribution >= 0.6 is 0 Å². The standard InChI is InChI=1S/C9H14O4/c1-6(8(11)12)9(13)4-2-7(10)3-5-9/h7,10,13H,1-5H2,(H,11,12). The van der Waals surface area contributed by atoms with Crippen molar-refractivity contribution in [3.63, 3.8) is 0 Å². The molecule has 13 heavy (non-hydrogen) atoms. The van der Waals surface area contributed by atoms with Gasteiger partial charge in [0, 0.05) is 0 Å². The van der Waals surface area contributed by atoms with Crippen LogP contribution in [0.4, 0.5) is 0 Å². The number of carboxylic acid groups (broad SMARTS) is 1. The first kappa shape index (κ1) is 10.2. The van der Waals surface area contributed by atoms with Gasteiger partial charge in [-0.2, -0.15) is 0 Å². The van der Waals surface area contributed by atoms with Crippen molar-refractivity contribution >= 4 is 5.97 Å². The molecule has 74 valence electrons. The zero-order chi connectivity index (χ0) is 10.1. The van der Waals surface area contributed by atoms with Crippen LogP contribution in [0.5, 0.6) is 0 Å². The van der Waals surface area contributed by atoms with E-state index in [2.05, 4.69) is 6.58 Å². The molecule has 0 aromatic heterocycles. The van der Waals surface area contributed by atoms with E-state index in [1.165, 1.54) is 0 Å². The molecule has 0 bridgehead atoms. The van der Waals surface area contributed by atoms with E-state index < -0.39 is 17.7 Å². The van der Waals surface area contributed by atoms with Crippen LogP contribution in [0.1, 0.15) is 25.7 Å². The minimum absolute atomic E-state index is 0.167. The fourth-order valence-corrected chi connectivity index (χ4v) is 1.58. The van der Waals surface area contributed by atoms with Crippen LogP contribution in [0.15, 0.2) is 12.2 Å². The van der Waals surface area contributed by atoms with Gasteiger partial charge in [0.2, 0.25) is 0 Å². The van der Waals surface area contributed by atoms with Gasteiger partial charge in [0.15, 0.2) is 0 Å². The summed E-state index contributed by atoms with van der Waals surface area (Å²) in [5.41, 5.74) is -1.48. The quantitative estimate of drug-likeness (QED) is 0.542. The lowest BCUT2D eigenvalue weighted by Gasteiger charge is -2.34. The van der Waals surface area contributed by atoms with Gasteiger partial charge in [-0.05, 0) is 25.7 Å². The Balaban J connectivity index is 2.67. The number of hydrogen-bond acceptors (Lipinski definition) is 3. The lowest BCUT2D eigenvalue weighted by atomic mass is 9.79. The van der Waals surface area contributed by atoms with Crippen LogP contribution in [-0.4, -0.2) is 33.0 Å². The zero-order valence-electron chi connectivity index (χ0n) is 7.36. The van der Waals surface area contributed by atoms with Gasteiger partial charge in [0.25, 0.3) is 0 Å². The van der Waals surface area contributed by atoms with Gasteiger partial charge in [-0.25, -0.2) is 4.79 Å². The molecule has 0 spiro atoms.